The van der Waals surface area contributed by atoms with Crippen molar-refractivity contribution in [3.05, 3.63) is 11.1 Å². The van der Waals surface area contributed by atoms with E-state index in [0.29, 0.717) is 5.78 Å². The van der Waals surface area contributed by atoms with Crippen molar-refractivity contribution in [3.63, 3.8) is 0 Å². The van der Waals surface area contributed by atoms with Crippen LogP contribution in [-0.4, -0.2) is 5.78 Å². The van der Waals surface area contributed by atoms with Crippen LogP contribution in [0.4, 0.5) is 0 Å². The average molecular weight is 218 g/mol. The van der Waals surface area contributed by atoms with Gasteiger partial charge in [0, 0.05) is 10.8 Å². The van der Waals surface area contributed by atoms with Crippen LogP contribution in [-0.2, 0) is 4.79 Å². The van der Waals surface area contributed by atoms with Crippen molar-refractivity contribution < 1.29 is 4.79 Å². The molecule has 0 aromatic rings. The predicted molar refractivity (Wildman–Crippen MR) is 65.0 cm³/mol. The number of rotatable bonds is 0. The van der Waals surface area contributed by atoms with Crippen LogP contribution in [0.5, 0.6) is 0 Å². The molecule has 2 saturated carbocycles. The van der Waals surface area contributed by atoms with Crippen LogP contribution in [0.2, 0.25) is 0 Å². The van der Waals surface area contributed by atoms with Gasteiger partial charge in [-0.05, 0) is 56.9 Å². The van der Waals surface area contributed by atoms with E-state index in [2.05, 4.69) is 27.7 Å². The van der Waals surface area contributed by atoms with E-state index >= 15 is 0 Å². The maximum Gasteiger partial charge on any atom is 0.165 e. The molecule has 3 rings (SSSR count). The van der Waals surface area contributed by atoms with Crippen LogP contribution >= 0.6 is 0 Å². The van der Waals surface area contributed by atoms with Gasteiger partial charge in [0.05, 0.1) is 0 Å². The molecule has 1 nitrogen and oxygen atoms in total. The third kappa shape index (κ3) is 0.813. The molecule has 0 aliphatic heterocycles. The molecule has 3 aliphatic carbocycles. The van der Waals surface area contributed by atoms with E-state index in [1.54, 1.807) is 0 Å². The molecule has 0 bridgehead atoms. The Balaban J connectivity index is 2.22. The van der Waals surface area contributed by atoms with Crippen LogP contribution in [0.25, 0.3) is 0 Å². The minimum absolute atomic E-state index is 0.0450. The number of ketones is 1. The van der Waals surface area contributed by atoms with Crippen molar-refractivity contribution in [2.24, 2.45) is 22.7 Å². The molecule has 3 aliphatic rings. The van der Waals surface area contributed by atoms with Crippen molar-refractivity contribution >= 4 is 5.78 Å². The Morgan fingerprint density at radius 2 is 1.88 bits per heavy atom. The van der Waals surface area contributed by atoms with Gasteiger partial charge in [0.2, 0.25) is 0 Å². The minimum atomic E-state index is -0.0450. The lowest BCUT2D eigenvalue weighted by Crippen LogP contribution is -2.38. The van der Waals surface area contributed by atoms with Crippen LogP contribution in [0.15, 0.2) is 11.1 Å². The molecule has 0 saturated heterocycles. The maximum absolute atomic E-state index is 12.5. The van der Waals surface area contributed by atoms with E-state index in [0.717, 1.165) is 23.8 Å². The first-order valence-electron chi connectivity index (χ1n) is 6.68. The Morgan fingerprint density at radius 1 is 1.19 bits per heavy atom. The molecule has 1 spiro atoms. The van der Waals surface area contributed by atoms with Gasteiger partial charge in [-0.3, -0.25) is 4.79 Å². The van der Waals surface area contributed by atoms with Gasteiger partial charge in [-0.2, -0.15) is 0 Å². The van der Waals surface area contributed by atoms with E-state index < -0.39 is 0 Å². The first-order chi connectivity index (χ1) is 7.45. The molecule has 0 amide bonds. The van der Waals surface area contributed by atoms with Crippen molar-refractivity contribution in [1.29, 1.82) is 0 Å². The molecule has 0 unspecified atom stereocenters. The summed E-state index contributed by atoms with van der Waals surface area (Å²) in [6.07, 6.45) is 4.96. The van der Waals surface area contributed by atoms with Gasteiger partial charge in [0.1, 0.15) is 0 Å². The average Bonchev–Trinajstić information content (AvgIpc) is 2.79. The number of carbonyl (C=O) groups excluding carboxylic acids is 1. The van der Waals surface area contributed by atoms with Gasteiger partial charge < -0.3 is 0 Å². The summed E-state index contributed by atoms with van der Waals surface area (Å²) in [6, 6.07) is 0. The standard InChI is InChI=1S/C15H22O/c1-9-5-8-15-11(3)10(2)13(16)14(15,4)7-6-12(9)15/h9,12H,5-8H2,1-4H3/t9-,12+,14+,15+/m1/s1. The molecule has 0 radical (unpaired) electrons. The van der Waals surface area contributed by atoms with Crippen LogP contribution in [0.1, 0.15) is 53.4 Å². The van der Waals surface area contributed by atoms with E-state index in [9.17, 15) is 4.79 Å². The van der Waals surface area contributed by atoms with Crippen LogP contribution in [0, 0.1) is 22.7 Å². The maximum atomic E-state index is 12.5. The first kappa shape index (κ1) is 10.6. The van der Waals surface area contributed by atoms with Gasteiger partial charge in [-0.1, -0.05) is 19.4 Å². The Kier molecular flexibility index (Phi) is 1.85. The predicted octanol–water partition coefficient (Wildman–Crippen LogP) is 3.74. The van der Waals surface area contributed by atoms with Crippen molar-refractivity contribution in [2.75, 3.05) is 0 Å². The summed E-state index contributed by atoms with van der Waals surface area (Å²) < 4.78 is 0. The highest BCUT2D eigenvalue weighted by Gasteiger charge is 2.68. The summed E-state index contributed by atoms with van der Waals surface area (Å²) in [5.74, 6) is 2.05. The Hall–Kier alpha value is -0.590. The summed E-state index contributed by atoms with van der Waals surface area (Å²) in [5, 5.41) is 0. The van der Waals surface area contributed by atoms with E-state index in [4.69, 9.17) is 0 Å². The summed E-state index contributed by atoms with van der Waals surface area (Å²) in [5.41, 5.74) is 2.73. The fourth-order valence-electron chi connectivity index (χ4n) is 5.33. The van der Waals surface area contributed by atoms with Crippen molar-refractivity contribution in [1.82, 2.24) is 0 Å². The minimum Gasteiger partial charge on any atom is -0.294 e. The fraction of sp³-hybridized carbons (Fsp3) is 0.800. The molecule has 4 atom stereocenters. The quantitative estimate of drug-likeness (QED) is 0.605. The Bertz CT molecular complexity index is 406. The molecule has 0 aromatic heterocycles. The Labute approximate surface area is 98.3 Å². The molecular formula is C15H22O. The monoisotopic (exact) mass is 218 g/mol. The molecule has 0 heterocycles. The number of allylic oxidation sites excluding steroid dienone is 2. The lowest BCUT2D eigenvalue weighted by molar-refractivity contribution is -0.126. The molecule has 2 fully saturated rings. The van der Waals surface area contributed by atoms with E-state index in [1.807, 2.05) is 0 Å². The molecule has 88 valence electrons. The lowest BCUT2D eigenvalue weighted by Gasteiger charge is -2.39. The highest BCUT2D eigenvalue weighted by atomic mass is 16.1. The van der Waals surface area contributed by atoms with Gasteiger partial charge in [-0.15, -0.1) is 0 Å². The van der Waals surface area contributed by atoms with Crippen LogP contribution < -0.4 is 0 Å². The summed E-state index contributed by atoms with van der Waals surface area (Å²) in [4.78, 5) is 12.5. The van der Waals surface area contributed by atoms with E-state index in [1.165, 1.54) is 24.8 Å². The first-order valence-corrected chi connectivity index (χ1v) is 6.68. The fourth-order valence-corrected chi connectivity index (χ4v) is 5.33. The highest BCUT2D eigenvalue weighted by Crippen LogP contribution is 2.72. The summed E-state index contributed by atoms with van der Waals surface area (Å²) >= 11 is 0. The topological polar surface area (TPSA) is 17.1 Å². The zero-order valence-electron chi connectivity index (χ0n) is 10.9. The van der Waals surface area contributed by atoms with Gasteiger partial charge >= 0.3 is 0 Å². The largest absolute Gasteiger partial charge is 0.294 e. The third-order valence-electron chi connectivity index (χ3n) is 6.33. The second-order valence-corrected chi connectivity index (χ2v) is 6.54. The summed E-state index contributed by atoms with van der Waals surface area (Å²) in [7, 11) is 0. The SMILES string of the molecule is CC1=C(C)[C@@]23CC[C@@H](C)[C@@H]2CC[C@@]3(C)C1=O. The van der Waals surface area contributed by atoms with Crippen molar-refractivity contribution in [3.8, 4) is 0 Å². The summed E-state index contributed by atoms with van der Waals surface area (Å²) in [6.45, 7) is 8.91. The molecule has 16 heavy (non-hydrogen) atoms. The molecule has 0 aromatic carbocycles. The van der Waals surface area contributed by atoms with Crippen molar-refractivity contribution in [2.45, 2.75) is 53.4 Å². The lowest BCUT2D eigenvalue weighted by atomic mass is 9.63. The number of hydrogen-bond acceptors (Lipinski definition) is 1. The van der Waals surface area contributed by atoms with Crippen LogP contribution in [0.3, 0.4) is 0 Å². The normalized spacial score (nSPS) is 51.1. The second-order valence-electron chi connectivity index (χ2n) is 6.54. The zero-order valence-corrected chi connectivity index (χ0v) is 10.9. The number of hydrogen-bond donors (Lipinski definition) is 0. The third-order valence-corrected chi connectivity index (χ3v) is 6.33. The van der Waals surface area contributed by atoms with E-state index in [-0.39, 0.29) is 10.8 Å². The zero-order chi connectivity index (χ0) is 11.7. The van der Waals surface area contributed by atoms with Gasteiger partial charge in [-0.25, -0.2) is 0 Å². The smallest absolute Gasteiger partial charge is 0.165 e. The van der Waals surface area contributed by atoms with Gasteiger partial charge in [0.15, 0.2) is 5.78 Å². The molecule has 0 N–H and O–H groups in total. The highest BCUT2D eigenvalue weighted by molar-refractivity contribution is 6.04. The van der Waals surface area contributed by atoms with Gasteiger partial charge in [0.25, 0.3) is 0 Å². The number of carbonyl (C=O) groups is 1. The Morgan fingerprint density at radius 3 is 2.56 bits per heavy atom. The molecule has 1 heteroatoms. The second kappa shape index (κ2) is 2.80. The number of Topliss-reactive ketones (excluding diaryl/α,β-unsaturated/α-hetero) is 1. The molecular weight excluding hydrogens is 196 g/mol.